The van der Waals surface area contributed by atoms with Crippen molar-refractivity contribution in [2.24, 2.45) is 17.8 Å². The van der Waals surface area contributed by atoms with Crippen LogP contribution in [0.1, 0.15) is 70.3 Å². The van der Waals surface area contributed by atoms with Crippen molar-refractivity contribution in [2.75, 3.05) is 19.0 Å². The summed E-state index contributed by atoms with van der Waals surface area (Å²) in [5, 5.41) is 25.9. The number of phenols is 1. The van der Waals surface area contributed by atoms with E-state index in [2.05, 4.69) is 27.2 Å². The van der Waals surface area contributed by atoms with Crippen LogP contribution in [0, 0.1) is 37.0 Å². The third-order valence-corrected chi connectivity index (χ3v) is 12.3. The molecule has 0 aliphatic carbocycles. The number of allylic oxidation sites excluding steroid dienone is 2. The van der Waals surface area contributed by atoms with Gasteiger partial charge in [-0.15, -0.1) is 6.42 Å². The van der Waals surface area contributed by atoms with Crippen LogP contribution in [0.25, 0.3) is 33.0 Å². The number of nitrogens with one attached hydrogen (secondary N) is 1. The Morgan fingerprint density at radius 2 is 1.86 bits per heavy atom. The molecule has 1 fully saturated rings. The molecule has 0 saturated carbocycles. The average Bonchev–Trinajstić information content (AvgIpc) is 3.68. The number of unbranched alkanes of at least 4 members (excludes halogenated alkanes) is 1. The molecule has 63 heavy (non-hydrogen) atoms. The lowest BCUT2D eigenvalue weighted by Gasteiger charge is -2.32. The normalized spacial score (nSPS) is 29.3. The number of aliphatic hydroxyl groups is 1. The fraction of sp³-hybridized carbons (Fsp3) is 0.426. The lowest BCUT2D eigenvalue weighted by atomic mass is 9.85. The number of anilines is 1. The van der Waals surface area contributed by atoms with Gasteiger partial charge >= 0.3 is 11.8 Å². The van der Waals surface area contributed by atoms with Crippen LogP contribution in [0.15, 0.2) is 62.0 Å². The van der Waals surface area contributed by atoms with Gasteiger partial charge in [-0.25, -0.2) is 4.98 Å². The second-order valence-electron chi connectivity index (χ2n) is 16.2. The number of esters is 1. The number of carbonyl (C=O) groups excluding carboxylic acids is 3. The van der Waals surface area contributed by atoms with Crippen LogP contribution >= 0.6 is 15.9 Å². The SMILES string of the molecule is C#C[C@H]1[C@@H](OC(C)=O)[C@@H]2O[C@H]([C@@H](C)[C@H]2O)[C@@H](C)/C=C/C=C(/C)C(=O)Nc2c(O)c3c(=O)c(C)c4c(c3c3nc5c(OCCCC)cc(Br)cc5oc23)C(=O)[C@@](C)(O/C=C/[C@@H]1OC)O4. The van der Waals surface area contributed by atoms with Crippen LogP contribution in [-0.4, -0.2) is 82.9 Å². The van der Waals surface area contributed by atoms with E-state index in [1.807, 2.05) is 13.8 Å². The second-order valence-corrected chi connectivity index (χ2v) is 17.1. The average molecular weight is 930 g/mol. The summed E-state index contributed by atoms with van der Waals surface area (Å²) in [6.45, 7) is 11.6. The summed E-state index contributed by atoms with van der Waals surface area (Å²) in [5.74, 6) is -3.80. The number of Topliss-reactive ketones (excluding diaryl/α,β-unsaturated/α-hetero) is 1. The third kappa shape index (κ3) is 8.07. The van der Waals surface area contributed by atoms with E-state index >= 15 is 0 Å². The lowest BCUT2D eigenvalue weighted by Crippen LogP contribution is -2.47. The number of ketones is 1. The first-order chi connectivity index (χ1) is 30.0. The standard InChI is InChI=1S/C47H49BrN2O13/c1-10-12-17-58-29-19-26(48)20-30-34(29)49-35-31-32-37(52)23(5)41-33(31)45(55)47(8,63-41)59-18-16-28(57-9)27(11-2)42(60-25(7)51)44-38(53)24(6)40(62-44)21(3)14-13-15-22(4)46(56)50-36(39(32)54)43(35)61-30/h2,13-16,18-21,24,27-28,38,40,42,44,53-54H,10,12,17H2,1,3-9H3,(H,50,56)/b14-13+,18-16+,22-15-/t21-,24-,27+,28-,38+,40-,42+,44+,47-/m0/s1. The maximum absolute atomic E-state index is 14.8. The van der Waals surface area contributed by atoms with E-state index in [4.69, 9.17) is 44.2 Å². The van der Waals surface area contributed by atoms with Crippen molar-refractivity contribution in [2.45, 2.75) is 97.6 Å². The summed E-state index contributed by atoms with van der Waals surface area (Å²) < 4.78 is 43.4. The molecular formula is C47H49BrN2O13. The van der Waals surface area contributed by atoms with Gasteiger partial charge in [-0.3, -0.25) is 19.2 Å². The largest absolute Gasteiger partial charge is 0.505 e. The van der Waals surface area contributed by atoms with E-state index in [1.165, 1.54) is 34.0 Å². The molecule has 0 unspecified atom stereocenters. The molecule has 8 rings (SSSR count). The first-order valence-corrected chi connectivity index (χ1v) is 21.4. The van der Waals surface area contributed by atoms with Crippen molar-refractivity contribution >= 4 is 72.2 Å². The van der Waals surface area contributed by atoms with Crippen LogP contribution in [0.4, 0.5) is 5.69 Å². The number of hydrogen-bond acceptors (Lipinski definition) is 14. The Balaban J connectivity index is 1.48. The smallest absolute Gasteiger partial charge is 0.312 e. The van der Waals surface area contributed by atoms with Crippen molar-refractivity contribution in [1.82, 2.24) is 4.98 Å². The Morgan fingerprint density at radius 1 is 1.11 bits per heavy atom. The molecule has 9 atom stereocenters. The van der Waals surface area contributed by atoms with Gasteiger partial charge in [0.2, 0.25) is 0 Å². The molecule has 3 N–H and O–H groups in total. The highest BCUT2D eigenvalue weighted by Crippen LogP contribution is 2.49. The van der Waals surface area contributed by atoms with Crippen molar-refractivity contribution in [1.29, 1.82) is 0 Å². The number of halogens is 1. The van der Waals surface area contributed by atoms with Gasteiger partial charge in [0.25, 0.3) is 11.7 Å². The van der Waals surface area contributed by atoms with Gasteiger partial charge in [-0.05, 0) is 38.5 Å². The fourth-order valence-electron chi connectivity index (χ4n) is 8.40. The molecule has 1 aromatic heterocycles. The zero-order valence-corrected chi connectivity index (χ0v) is 37.7. The summed E-state index contributed by atoms with van der Waals surface area (Å²) in [6, 6.07) is 3.36. The van der Waals surface area contributed by atoms with Crippen LogP contribution in [0.2, 0.25) is 0 Å². The summed E-state index contributed by atoms with van der Waals surface area (Å²) in [5.41, 5.74) is -0.680. The Labute approximate surface area is 371 Å². The molecule has 4 aromatic rings. The van der Waals surface area contributed by atoms with Crippen molar-refractivity contribution in [3.63, 3.8) is 0 Å². The van der Waals surface area contributed by atoms with Crippen molar-refractivity contribution in [3.05, 3.63) is 74.1 Å². The summed E-state index contributed by atoms with van der Waals surface area (Å²) in [4.78, 5) is 60.6. The zero-order valence-electron chi connectivity index (χ0n) is 36.1. The number of aliphatic hydroxyl groups excluding tert-OH is 1. The maximum atomic E-state index is 14.8. The molecule has 7 bridgehead atoms. The molecular weight excluding hydrogens is 880 g/mol. The number of hydrogen-bond donors (Lipinski definition) is 3. The minimum Gasteiger partial charge on any atom is -0.505 e. The molecule has 1 amide bonds. The number of terminal acetylenes is 1. The number of rotatable bonds is 6. The number of phenolic OH excluding ortho intramolecular Hbond substituents is 1. The number of ether oxygens (including phenoxy) is 6. The lowest BCUT2D eigenvalue weighted by molar-refractivity contribution is -0.165. The number of fused-ring (bicyclic) bond motifs is 9. The first-order valence-electron chi connectivity index (χ1n) is 20.6. The minimum atomic E-state index is -2.10. The second kappa shape index (κ2) is 17.8. The predicted molar refractivity (Wildman–Crippen MR) is 237 cm³/mol. The number of amides is 1. The van der Waals surface area contributed by atoms with Crippen molar-refractivity contribution < 1.29 is 57.4 Å². The van der Waals surface area contributed by atoms with Gasteiger partial charge in [0, 0.05) is 53.8 Å². The Kier molecular flexibility index (Phi) is 12.8. The highest BCUT2D eigenvalue weighted by molar-refractivity contribution is 9.10. The van der Waals surface area contributed by atoms with Gasteiger partial charge in [0.1, 0.15) is 40.4 Å². The number of carbonyl (C=O) groups is 3. The molecule has 3 aromatic carbocycles. The Hall–Kier alpha value is -5.73. The Bertz CT molecular complexity index is 2730. The molecule has 15 nitrogen and oxygen atoms in total. The molecule has 16 heteroatoms. The van der Waals surface area contributed by atoms with Gasteiger partial charge in [0.05, 0.1) is 48.0 Å². The van der Waals surface area contributed by atoms with Gasteiger partial charge < -0.3 is 48.4 Å². The molecule has 5 heterocycles. The van der Waals surface area contributed by atoms with Crippen LogP contribution in [0.5, 0.6) is 17.2 Å². The molecule has 1 saturated heterocycles. The van der Waals surface area contributed by atoms with Gasteiger partial charge in [-0.2, -0.15) is 0 Å². The molecule has 332 valence electrons. The van der Waals surface area contributed by atoms with Gasteiger partial charge in [-0.1, -0.05) is 67.3 Å². The van der Waals surface area contributed by atoms with Crippen LogP contribution in [-0.2, 0) is 28.5 Å². The number of nitrogens with zero attached hydrogens (tertiary/aromatic N) is 1. The highest BCUT2D eigenvalue weighted by atomic mass is 79.9. The monoisotopic (exact) mass is 928 g/mol. The molecule has 4 aliphatic heterocycles. The Morgan fingerprint density at radius 3 is 2.54 bits per heavy atom. The van der Waals surface area contributed by atoms with E-state index in [1.54, 1.807) is 44.2 Å². The van der Waals surface area contributed by atoms with Crippen LogP contribution in [0.3, 0.4) is 0 Å². The quantitative estimate of drug-likeness (QED) is 0.0433. The van der Waals surface area contributed by atoms with E-state index in [0.717, 1.165) is 19.1 Å². The number of aromatic hydroxyl groups is 1. The number of benzene rings is 3. The summed E-state index contributed by atoms with van der Waals surface area (Å²) >= 11 is 3.51. The van der Waals surface area contributed by atoms with E-state index in [-0.39, 0.29) is 67.0 Å². The molecule has 0 spiro atoms. The first kappa shape index (κ1) is 45.3. The predicted octanol–water partition coefficient (Wildman–Crippen LogP) is 7.32. The van der Waals surface area contributed by atoms with Gasteiger partial charge in [0.15, 0.2) is 22.3 Å². The molecule has 4 aliphatic rings. The topological polar surface area (TPSA) is 202 Å². The summed E-state index contributed by atoms with van der Waals surface area (Å²) in [6.07, 6.45) is 10.3. The fourth-order valence-corrected chi connectivity index (χ4v) is 8.81. The maximum Gasteiger partial charge on any atom is 0.312 e. The summed E-state index contributed by atoms with van der Waals surface area (Å²) in [7, 11) is 1.38. The van der Waals surface area contributed by atoms with E-state index in [9.17, 15) is 29.4 Å². The highest BCUT2D eigenvalue weighted by Gasteiger charge is 2.52. The molecule has 0 radical (unpaired) electrons. The number of methoxy groups -OCH3 is 1. The van der Waals surface area contributed by atoms with E-state index in [0.29, 0.717) is 16.8 Å². The van der Waals surface area contributed by atoms with Crippen molar-refractivity contribution in [3.8, 4) is 29.6 Å². The number of aromatic nitrogens is 1. The zero-order chi connectivity index (χ0) is 45.7. The third-order valence-electron chi connectivity index (χ3n) is 11.9. The van der Waals surface area contributed by atoms with Crippen LogP contribution < -0.4 is 20.2 Å². The minimum absolute atomic E-state index is 0.0295. The van der Waals surface area contributed by atoms with E-state index < -0.39 is 77.0 Å².